The van der Waals surface area contributed by atoms with E-state index in [1.165, 1.54) is 12.8 Å². The summed E-state index contributed by atoms with van der Waals surface area (Å²) in [6.07, 6.45) is 2.62. The standard InChI is InChI=1S/C14H30N2O/c1-13(2,3)15-10-14(4,5)11-16(8-9-17)12-6-7-12/h12,15,17H,6-11H2,1-5H3. The molecule has 0 aromatic carbocycles. The summed E-state index contributed by atoms with van der Waals surface area (Å²) < 4.78 is 0. The fraction of sp³-hybridized carbons (Fsp3) is 1.00. The molecule has 0 saturated heterocycles. The van der Waals surface area contributed by atoms with Gasteiger partial charge in [-0.05, 0) is 39.0 Å². The Labute approximate surface area is 107 Å². The van der Waals surface area contributed by atoms with Crippen LogP contribution >= 0.6 is 0 Å². The second-order valence-corrected chi connectivity index (χ2v) is 7.19. The number of nitrogens with one attached hydrogen (secondary N) is 1. The van der Waals surface area contributed by atoms with E-state index in [1.54, 1.807) is 0 Å². The van der Waals surface area contributed by atoms with Crippen LogP contribution in [-0.4, -0.2) is 47.8 Å². The van der Waals surface area contributed by atoms with Crippen LogP contribution in [0, 0.1) is 5.41 Å². The average molecular weight is 242 g/mol. The van der Waals surface area contributed by atoms with Gasteiger partial charge in [-0.1, -0.05) is 13.8 Å². The molecule has 0 heterocycles. The van der Waals surface area contributed by atoms with Crippen molar-refractivity contribution in [1.82, 2.24) is 10.2 Å². The molecule has 0 spiro atoms. The lowest BCUT2D eigenvalue weighted by molar-refractivity contribution is 0.130. The van der Waals surface area contributed by atoms with Crippen molar-refractivity contribution >= 4 is 0 Å². The normalized spacial score (nSPS) is 17.8. The summed E-state index contributed by atoms with van der Waals surface area (Å²) in [7, 11) is 0. The van der Waals surface area contributed by atoms with E-state index in [1.807, 2.05) is 0 Å². The molecule has 0 aliphatic heterocycles. The van der Waals surface area contributed by atoms with Gasteiger partial charge in [0.15, 0.2) is 0 Å². The summed E-state index contributed by atoms with van der Waals surface area (Å²) in [6.45, 7) is 14.4. The van der Waals surface area contributed by atoms with Crippen LogP contribution in [0.5, 0.6) is 0 Å². The molecule has 3 heteroatoms. The van der Waals surface area contributed by atoms with Crippen molar-refractivity contribution < 1.29 is 5.11 Å². The van der Waals surface area contributed by atoms with Crippen LogP contribution < -0.4 is 5.32 Å². The molecule has 102 valence electrons. The van der Waals surface area contributed by atoms with Crippen molar-refractivity contribution in [2.24, 2.45) is 5.41 Å². The van der Waals surface area contributed by atoms with Gasteiger partial charge in [-0.25, -0.2) is 0 Å². The fourth-order valence-corrected chi connectivity index (χ4v) is 2.07. The predicted octanol–water partition coefficient (Wildman–Crippen LogP) is 1.86. The molecule has 0 aromatic rings. The zero-order valence-corrected chi connectivity index (χ0v) is 12.2. The van der Waals surface area contributed by atoms with Gasteiger partial charge in [0.1, 0.15) is 0 Å². The van der Waals surface area contributed by atoms with Crippen LogP contribution in [0.4, 0.5) is 0 Å². The molecule has 0 aromatic heterocycles. The highest BCUT2D eigenvalue weighted by molar-refractivity contribution is 4.89. The van der Waals surface area contributed by atoms with Crippen LogP contribution in [0.15, 0.2) is 0 Å². The second-order valence-electron chi connectivity index (χ2n) is 7.19. The van der Waals surface area contributed by atoms with Gasteiger partial charge in [-0.3, -0.25) is 4.90 Å². The first-order valence-corrected chi connectivity index (χ1v) is 6.83. The monoisotopic (exact) mass is 242 g/mol. The quantitative estimate of drug-likeness (QED) is 0.715. The molecular weight excluding hydrogens is 212 g/mol. The molecule has 0 radical (unpaired) electrons. The summed E-state index contributed by atoms with van der Waals surface area (Å²) in [5, 5.41) is 12.7. The van der Waals surface area contributed by atoms with Gasteiger partial charge in [0, 0.05) is 31.2 Å². The number of hydrogen-bond donors (Lipinski definition) is 2. The minimum atomic E-state index is 0.179. The summed E-state index contributed by atoms with van der Waals surface area (Å²) in [4.78, 5) is 2.45. The number of rotatable bonds is 7. The Bertz CT molecular complexity index is 229. The Balaban J connectivity index is 2.39. The van der Waals surface area contributed by atoms with E-state index in [2.05, 4.69) is 44.8 Å². The molecule has 3 nitrogen and oxygen atoms in total. The van der Waals surface area contributed by atoms with Crippen molar-refractivity contribution in [2.45, 2.75) is 59.0 Å². The number of aliphatic hydroxyl groups excluding tert-OH is 1. The minimum absolute atomic E-state index is 0.179. The van der Waals surface area contributed by atoms with Gasteiger partial charge in [0.25, 0.3) is 0 Å². The highest BCUT2D eigenvalue weighted by Crippen LogP contribution is 2.29. The molecule has 1 aliphatic carbocycles. The Kier molecular flexibility index (Phi) is 4.99. The van der Waals surface area contributed by atoms with Gasteiger partial charge < -0.3 is 10.4 Å². The smallest absolute Gasteiger partial charge is 0.0558 e. The second kappa shape index (κ2) is 5.68. The highest BCUT2D eigenvalue weighted by atomic mass is 16.3. The topological polar surface area (TPSA) is 35.5 Å². The Morgan fingerprint density at radius 2 is 1.76 bits per heavy atom. The van der Waals surface area contributed by atoms with Crippen molar-refractivity contribution in [3.8, 4) is 0 Å². The maximum absolute atomic E-state index is 9.11. The van der Waals surface area contributed by atoms with Crippen LogP contribution in [0.1, 0.15) is 47.5 Å². The van der Waals surface area contributed by atoms with Crippen molar-refractivity contribution in [3.63, 3.8) is 0 Å². The first-order chi connectivity index (χ1) is 7.73. The van der Waals surface area contributed by atoms with Gasteiger partial charge in [-0.15, -0.1) is 0 Å². The van der Waals surface area contributed by atoms with Crippen molar-refractivity contribution in [2.75, 3.05) is 26.2 Å². The van der Waals surface area contributed by atoms with Crippen molar-refractivity contribution in [1.29, 1.82) is 0 Å². The lowest BCUT2D eigenvalue weighted by Gasteiger charge is -2.35. The van der Waals surface area contributed by atoms with Gasteiger partial charge in [-0.2, -0.15) is 0 Å². The van der Waals surface area contributed by atoms with Crippen LogP contribution in [0.3, 0.4) is 0 Å². The lowest BCUT2D eigenvalue weighted by atomic mass is 9.91. The molecule has 1 saturated carbocycles. The Morgan fingerprint density at radius 1 is 1.18 bits per heavy atom. The first kappa shape index (κ1) is 14.9. The summed E-state index contributed by atoms with van der Waals surface area (Å²) >= 11 is 0. The van der Waals surface area contributed by atoms with Crippen molar-refractivity contribution in [3.05, 3.63) is 0 Å². The van der Waals surface area contributed by atoms with E-state index < -0.39 is 0 Å². The fourth-order valence-electron chi connectivity index (χ4n) is 2.07. The molecule has 1 fully saturated rings. The summed E-state index contributed by atoms with van der Waals surface area (Å²) in [5.74, 6) is 0. The molecule has 0 amide bonds. The van der Waals surface area contributed by atoms with Gasteiger partial charge >= 0.3 is 0 Å². The van der Waals surface area contributed by atoms with E-state index in [0.29, 0.717) is 0 Å². The zero-order valence-electron chi connectivity index (χ0n) is 12.2. The molecule has 1 aliphatic rings. The van der Waals surface area contributed by atoms with E-state index in [9.17, 15) is 0 Å². The average Bonchev–Trinajstić information content (AvgIpc) is 2.96. The minimum Gasteiger partial charge on any atom is -0.395 e. The summed E-state index contributed by atoms with van der Waals surface area (Å²) in [6, 6.07) is 0.732. The van der Waals surface area contributed by atoms with E-state index >= 15 is 0 Å². The molecule has 17 heavy (non-hydrogen) atoms. The molecule has 0 unspecified atom stereocenters. The van der Waals surface area contributed by atoms with Gasteiger partial charge in [0.05, 0.1) is 6.61 Å². The maximum Gasteiger partial charge on any atom is 0.0558 e. The number of nitrogens with zero attached hydrogens (tertiary/aromatic N) is 1. The van der Waals surface area contributed by atoms with Gasteiger partial charge in [0.2, 0.25) is 0 Å². The molecule has 1 rings (SSSR count). The Hall–Kier alpha value is -0.120. The summed E-state index contributed by atoms with van der Waals surface area (Å²) in [5.41, 5.74) is 0.434. The maximum atomic E-state index is 9.11. The molecular formula is C14H30N2O. The zero-order chi connectivity index (χ0) is 13.1. The predicted molar refractivity (Wildman–Crippen MR) is 73.2 cm³/mol. The first-order valence-electron chi connectivity index (χ1n) is 6.83. The van der Waals surface area contributed by atoms with E-state index in [4.69, 9.17) is 5.11 Å². The van der Waals surface area contributed by atoms with E-state index in [0.717, 1.165) is 25.7 Å². The largest absolute Gasteiger partial charge is 0.395 e. The van der Waals surface area contributed by atoms with Crippen LogP contribution in [0.25, 0.3) is 0 Å². The highest BCUT2D eigenvalue weighted by Gasteiger charge is 2.32. The third kappa shape index (κ3) is 6.39. The molecule has 0 atom stereocenters. The van der Waals surface area contributed by atoms with Crippen LogP contribution in [0.2, 0.25) is 0 Å². The Morgan fingerprint density at radius 3 is 2.18 bits per heavy atom. The molecule has 0 bridgehead atoms. The molecule has 2 N–H and O–H groups in total. The number of aliphatic hydroxyl groups is 1. The SMILES string of the molecule is CC(C)(CNC(C)(C)C)CN(CCO)C1CC1. The third-order valence-electron chi connectivity index (χ3n) is 3.18. The lowest BCUT2D eigenvalue weighted by Crippen LogP contribution is -2.47. The van der Waals surface area contributed by atoms with E-state index in [-0.39, 0.29) is 17.6 Å². The third-order valence-corrected chi connectivity index (χ3v) is 3.18. The van der Waals surface area contributed by atoms with Crippen LogP contribution in [-0.2, 0) is 0 Å². The number of hydrogen-bond acceptors (Lipinski definition) is 3.